The number of hydrogen-bond acceptors (Lipinski definition) is 4. The molecule has 7 nitrogen and oxygen atoms in total. The molecule has 3 amide bonds. The summed E-state index contributed by atoms with van der Waals surface area (Å²) >= 11 is 0. The van der Waals surface area contributed by atoms with Crippen molar-refractivity contribution in [2.45, 2.75) is 46.6 Å². The minimum Gasteiger partial charge on any atom is -0.331 e. The van der Waals surface area contributed by atoms with Gasteiger partial charge in [-0.2, -0.15) is 0 Å². The third-order valence-corrected chi connectivity index (χ3v) is 7.19. The van der Waals surface area contributed by atoms with Gasteiger partial charge in [0.25, 0.3) is 5.91 Å². The Labute approximate surface area is 218 Å². The standard InChI is InChI=1S/C30H34N4O3/c1-6-25(22-13-14-24-26(18-22)33(5)29(37)30(3,4)28(36)32-24)34(17-15-21-11-9-16-31-19-21)27(35)23-12-8-7-10-20(23)2/h7-14,16,18-19,25H,6,15,17H2,1-5H3,(H,32,36). The first-order valence-corrected chi connectivity index (χ1v) is 12.6. The smallest absolute Gasteiger partial charge is 0.254 e. The Bertz CT molecular complexity index is 1320. The number of anilines is 2. The van der Waals surface area contributed by atoms with Crippen LogP contribution in [0.1, 0.15) is 60.3 Å². The van der Waals surface area contributed by atoms with Gasteiger partial charge in [0, 0.05) is 31.5 Å². The second-order valence-electron chi connectivity index (χ2n) is 10.1. The van der Waals surface area contributed by atoms with Gasteiger partial charge in [0.2, 0.25) is 11.8 Å². The van der Waals surface area contributed by atoms with E-state index in [9.17, 15) is 14.4 Å². The fourth-order valence-corrected chi connectivity index (χ4v) is 4.84. The highest BCUT2D eigenvalue weighted by molar-refractivity contribution is 6.19. The summed E-state index contributed by atoms with van der Waals surface area (Å²) in [6.45, 7) is 7.76. The van der Waals surface area contributed by atoms with Crippen LogP contribution in [0.2, 0.25) is 0 Å². The molecular weight excluding hydrogens is 464 g/mol. The number of carbonyl (C=O) groups is 3. The van der Waals surface area contributed by atoms with E-state index >= 15 is 0 Å². The Morgan fingerprint density at radius 3 is 2.54 bits per heavy atom. The van der Waals surface area contributed by atoms with Crippen LogP contribution in [-0.4, -0.2) is 41.2 Å². The van der Waals surface area contributed by atoms with Gasteiger partial charge in [-0.3, -0.25) is 19.4 Å². The zero-order chi connectivity index (χ0) is 26.7. The van der Waals surface area contributed by atoms with Crippen molar-refractivity contribution >= 4 is 29.1 Å². The summed E-state index contributed by atoms with van der Waals surface area (Å²) in [5.74, 6) is -0.656. The molecule has 0 saturated carbocycles. The molecule has 0 radical (unpaired) electrons. The molecule has 4 rings (SSSR count). The fraction of sp³-hybridized carbons (Fsp3) is 0.333. The van der Waals surface area contributed by atoms with E-state index in [0.29, 0.717) is 36.3 Å². The maximum atomic E-state index is 13.9. The van der Waals surface area contributed by atoms with E-state index in [2.05, 4.69) is 17.2 Å². The second-order valence-corrected chi connectivity index (χ2v) is 10.1. The number of nitrogens with zero attached hydrogens (tertiary/aromatic N) is 3. The lowest BCUT2D eigenvalue weighted by molar-refractivity contribution is -0.136. The largest absolute Gasteiger partial charge is 0.331 e. The van der Waals surface area contributed by atoms with Crippen LogP contribution < -0.4 is 10.2 Å². The van der Waals surface area contributed by atoms with Crippen molar-refractivity contribution in [3.63, 3.8) is 0 Å². The van der Waals surface area contributed by atoms with Crippen LogP contribution in [-0.2, 0) is 16.0 Å². The Morgan fingerprint density at radius 2 is 1.86 bits per heavy atom. The van der Waals surface area contributed by atoms with Gasteiger partial charge in [-0.05, 0) is 74.6 Å². The first kappa shape index (κ1) is 26.1. The number of benzene rings is 2. The van der Waals surface area contributed by atoms with Gasteiger partial charge < -0.3 is 15.1 Å². The lowest BCUT2D eigenvalue weighted by Crippen LogP contribution is -2.43. The molecule has 1 atom stereocenters. The van der Waals surface area contributed by atoms with Crippen molar-refractivity contribution in [1.82, 2.24) is 9.88 Å². The van der Waals surface area contributed by atoms with Crippen molar-refractivity contribution in [2.24, 2.45) is 5.41 Å². The number of rotatable bonds is 7. The van der Waals surface area contributed by atoms with E-state index in [1.54, 1.807) is 27.1 Å². The maximum Gasteiger partial charge on any atom is 0.254 e. The van der Waals surface area contributed by atoms with Crippen LogP contribution in [0.25, 0.3) is 0 Å². The number of aryl methyl sites for hydroxylation is 1. The number of carbonyl (C=O) groups excluding carboxylic acids is 3. The minimum absolute atomic E-state index is 0.0392. The summed E-state index contributed by atoms with van der Waals surface area (Å²) in [6, 6.07) is 17.0. The molecule has 0 aliphatic carbocycles. The highest BCUT2D eigenvalue weighted by Crippen LogP contribution is 2.38. The highest BCUT2D eigenvalue weighted by atomic mass is 16.2. The van der Waals surface area contributed by atoms with E-state index in [1.807, 2.05) is 72.6 Å². The topological polar surface area (TPSA) is 82.6 Å². The Kier molecular flexibility index (Phi) is 7.43. The number of pyridine rings is 1. The van der Waals surface area contributed by atoms with E-state index in [1.165, 1.54) is 4.90 Å². The number of aromatic nitrogens is 1. The molecule has 0 bridgehead atoms. The molecule has 1 aliphatic heterocycles. The number of amides is 3. The van der Waals surface area contributed by atoms with Gasteiger partial charge in [-0.15, -0.1) is 0 Å². The molecule has 0 spiro atoms. The fourth-order valence-electron chi connectivity index (χ4n) is 4.84. The van der Waals surface area contributed by atoms with Gasteiger partial charge in [0.1, 0.15) is 5.41 Å². The lowest BCUT2D eigenvalue weighted by atomic mass is 9.91. The second kappa shape index (κ2) is 10.5. The van der Waals surface area contributed by atoms with Crippen molar-refractivity contribution in [3.8, 4) is 0 Å². The Morgan fingerprint density at radius 1 is 1.11 bits per heavy atom. The molecule has 7 heteroatoms. The van der Waals surface area contributed by atoms with Crippen LogP contribution in [0.15, 0.2) is 67.0 Å². The zero-order valence-electron chi connectivity index (χ0n) is 22.1. The predicted octanol–water partition coefficient (Wildman–Crippen LogP) is 5.17. The lowest BCUT2D eigenvalue weighted by Gasteiger charge is -2.33. The minimum atomic E-state index is -1.19. The van der Waals surface area contributed by atoms with E-state index in [-0.39, 0.29) is 23.8 Å². The zero-order valence-corrected chi connectivity index (χ0v) is 22.1. The van der Waals surface area contributed by atoms with Crippen LogP contribution in [0.3, 0.4) is 0 Å². The monoisotopic (exact) mass is 498 g/mol. The molecule has 3 aromatic rings. The summed E-state index contributed by atoms with van der Waals surface area (Å²) in [6.07, 6.45) is 4.90. The van der Waals surface area contributed by atoms with Crippen LogP contribution in [0, 0.1) is 12.3 Å². The summed E-state index contributed by atoms with van der Waals surface area (Å²) in [5, 5.41) is 2.90. The molecule has 0 saturated heterocycles. The SMILES string of the molecule is CCC(c1ccc2c(c1)N(C)C(=O)C(C)(C)C(=O)N2)N(CCc1cccnc1)C(=O)c1ccccc1C. The molecule has 1 aromatic heterocycles. The van der Waals surface area contributed by atoms with E-state index in [0.717, 1.165) is 16.7 Å². The Balaban J connectivity index is 1.74. The van der Waals surface area contributed by atoms with E-state index < -0.39 is 5.41 Å². The summed E-state index contributed by atoms with van der Waals surface area (Å²) < 4.78 is 0. The van der Waals surface area contributed by atoms with E-state index in [4.69, 9.17) is 0 Å². The van der Waals surface area contributed by atoms with Crippen LogP contribution in [0.5, 0.6) is 0 Å². The molecule has 1 unspecified atom stereocenters. The molecule has 37 heavy (non-hydrogen) atoms. The van der Waals surface area contributed by atoms with Gasteiger partial charge in [0.15, 0.2) is 0 Å². The molecule has 0 fully saturated rings. The summed E-state index contributed by atoms with van der Waals surface area (Å²) in [4.78, 5) is 47.4. The Hall–Kier alpha value is -4.00. The molecular formula is C30H34N4O3. The molecule has 1 N–H and O–H groups in total. The van der Waals surface area contributed by atoms with Crippen molar-refractivity contribution in [2.75, 3.05) is 23.8 Å². The normalized spacial score (nSPS) is 15.4. The number of nitrogens with one attached hydrogen (secondary N) is 1. The van der Waals surface area contributed by atoms with Crippen molar-refractivity contribution in [1.29, 1.82) is 0 Å². The van der Waals surface area contributed by atoms with Gasteiger partial charge in [-0.25, -0.2) is 0 Å². The summed E-state index contributed by atoms with van der Waals surface area (Å²) in [7, 11) is 1.69. The van der Waals surface area contributed by atoms with Crippen molar-refractivity contribution < 1.29 is 14.4 Å². The third kappa shape index (κ3) is 5.12. The molecule has 2 heterocycles. The third-order valence-electron chi connectivity index (χ3n) is 7.19. The van der Waals surface area contributed by atoms with Gasteiger partial charge in [0.05, 0.1) is 17.4 Å². The predicted molar refractivity (Wildman–Crippen MR) is 145 cm³/mol. The van der Waals surface area contributed by atoms with Crippen LogP contribution >= 0.6 is 0 Å². The number of fused-ring (bicyclic) bond motifs is 1. The van der Waals surface area contributed by atoms with Crippen LogP contribution in [0.4, 0.5) is 11.4 Å². The molecule has 1 aliphatic rings. The first-order valence-electron chi connectivity index (χ1n) is 12.6. The quantitative estimate of drug-likeness (QED) is 0.456. The maximum absolute atomic E-state index is 13.9. The first-order chi connectivity index (χ1) is 17.6. The molecule has 192 valence electrons. The highest BCUT2D eigenvalue weighted by Gasteiger charge is 2.42. The summed E-state index contributed by atoms with van der Waals surface area (Å²) in [5.41, 5.74) is 3.57. The molecule has 2 aromatic carbocycles. The number of hydrogen-bond donors (Lipinski definition) is 1. The van der Waals surface area contributed by atoms with Gasteiger partial charge >= 0.3 is 0 Å². The van der Waals surface area contributed by atoms with Gasteiger partial charge in [-0.1, -0.05) is 37.3 Å². The van der Waals surface area contributed by atoms with Crippen molar-refractivity contribution in [3.05, 3.63) is 89.2 Å². The average Bonchev–Trinajstić information content (AvgIpc) is 2.96. The average molecular weight is 499 g/mol.